The first-order valence-electron chi connectivity index (χ1n) is 9.89. The van der Waals surface area contributed by atoms with Gasteiger partial charge in [0, 0.05) is 20.0 Å². The molecule has 0 atom stereocenters. The lowest BCUT2D eigenvalue weighted by atomic mass is 9.95. The first kappa shape index (κ1) is 20.1. The number of amides is 2. The molecule has 2 amide bonds. The van der Waals surface area contributed by atoms with E-state index in [0.717, 1.165) is 37.1 Å². The topological polar surface area (TPSA) is 52.7 Å². The molecule has 2 aromatic rings. The highest BCUT2D eigenvalue weighted by molar-refractivity contribution is 5.80. The number of rotatable bonds is 6. The molecule has 1 fully saturated rings. The molecule has 5 nitrogen and oxygen atoms in total. The SMILES string of the molecule is CNC(=O)C1CCN(CC(=O)N(C)C(c2ccccc2)c2ccccc2)CC1. The minimum atomic E-state index is -0.113. The van der Waals surface area contributed by atoms with E-state index < -0.39 is 0 Å². The first-order valence-corrected chi connectivity index (χ1v) is 9.89. The third-order valence-electron chi connectivity index (χ3n) is 5.57. The van der Waals surface area contributed by atoms with Crippen molar-refractivity contribution in [2.45, 2.75) is 18.9 Å². The molecule has 0 unspecified atom stereocenters. The Morgan fingerprint density at radius 1 is 1.00 bits per heavy atom. The lowest BCUT2D eigenvalue weighted by Gasteiger charge is -2.34. The van der Waals surface area contributed by atoms with Crippen LogP contribution in [0.5, 0.6) is 0 Å². The fourth-order valence-electron chi connectivity index (χ4n) is 3.91. The fraction of sp³-hybridized carbons (Fsp3) is 0.391. The van der Waals surface area contributed by atoms with Gasteiger partial charge in [0.1, 0.15) is 0 Å². The molecule has 148 valence electrons. The number of nitrogens with one attached hydrogen (secondary N) is 1. The molecule has 3 rings (SSSR count). The van der Waals surface area contributed by atoms with E-state index in [0.29, 0.717) is 6.54 Å². The van der Waals surface area contributed by atoms with Crippen molar-refractivity contribution in [2.24, 2.45) is 5.92 Å². The molecular weight excluding hydrogens is 350 g/mol. The summed E-state index contributed by atoms with van der Waals surface area (Å²) in [6, 6.07) is 20.2. The van der Waals surface area contributed by atoms with Crippen LogP contribution in [0.15, 0.2) is 60.7 Å². The third kappa shape index (κ3) is 4.78. The summed E-state index contributed by atoms with van der Waals surface area (Å²) >= 11 is 0. The molecule has 1 aliphatic rings. The molecule has 1 saturated heterocycles. The number of hydrogen-bond donors (Lipinski definition) is 1. The largest absolute Gasteiger partial charge is 0.359 e. The summed E-state index contributed by atoms with van der Waals surface area (Å²) in [6.07, 6.45) is 1.61. The lowest BCUT2D eigenvalue weighted by molar-refractivity contribution is -0.133. The average Bonchev–Trinajstić information content (AvgIpc) is 2.75. The Morgan fingerprint density at radius 3 is 1.96 bits per heavy atom. The van der Waals surface area contributed by atoms with Crippen LogP contribution >= 0.6 is 0 Å². The van der Waals surface area contributed by atoms with E-state index in [1.807, 2.05) is 48.3 Å². The lowest BCUT2D eigenvalue weighted by Crippen LogP contribution is -2.45. The first-order chi connectivity index (χ1) is 13.6. The van der Waals surface area contributed by atoms with E-state index >= 15 is 0 Å². The maximum atomic E-state index is 13.1. The predicted molar refractivity (Wildman–Crippen MR) is 111 cm³/mol. The molecule has 0 spiro atoms. The summed E-state index contributed by atoms with van der Waals surface area (Å²) in [5.41, 5.74) is 2.20. The molecule has 1 aliphatic heterocycles. The average molecular weight is 380 g/mol. The van der Waals surface area contributed by atoms with Crippen LogP contribution in [-0.2, 0) is 9.59 Å². The molecule has 0 aromatic heterocycles. The number of benzene rings is 2. The molecule has 0 bridgehead atoms. The van der Waals surface area contributed by atoms with Gasteiger partial charge in [0.25, 0.3) is 0 Å². The van der Waals surface area contributed by atoms with Crippen molar-refractivity contribution in [1.29, 1.82) is 0 Å². The molecule has 0 aliphatic carbocycles. The Hall–Kier alpha value is -2.66. The second-order valence-corrected chi connectivity index (χ2v) is 7.39. The van der Waals surface area contributed by atoms with Crippen LogP contribution < -0.4 is 5.32 Å². The van der Waals surface area contributed by atoms with Gasteiger partial charge in [-0.2, -0.15) is 0 Å². The zero-order valence-corrected chi connectivity index (χ0v) is 16.7. The van der Waals surface area contributed by atoms with Gasteiger partial charge in [-0.3, -0.25) is 14.5 Å². The summed E-state index contributed by atoms with van der Waals surface area (Å²) in [5.74, 6) is 0.267. The number of carbonyl (C=O) groups excluding carboxylic acids is 2. The Labute approximate surface area is 167 Å². The molecule has 28 heavy (non-hydrogen) atoms. The van der Waals surface area contributed by atoms with E-state index in [9.17, 15) is 9.59 Å². The second-order valence-electron chi connectivity index (χ2n) is 7.39. The van der Waals surface area contributed by atoms with Crippen LogP contribution in [0.2, 0.25) is 0 Å². The van der Waals surface area contributed by atoms with Crippen LogP contribution in [0.3, 0.4) is 0 Å². The summed E-state index contributed by atoms with van der Waals surface area (Å²) in [7, 11) is 3.56. The highest BCUT2D eigenvalue weighted by Gasteiger charge is 2.28. The monoisotopic (exact) mass is 379 g/mol. The van der Waals surface area contributed by atoms with Crippen LogP contribution in [0.4, 0.5) is 0 Å². The summed E-state index contributed by atoms with van der Waals surface area (Å²) < 4.78 is 0. The Balaban J connectivity index is 1.69. The standard InChI is InChI=1S/C23H29N3O2/c1-24-23(28)20-13-15-26(16-14-20)17-21(27)25(2)22(18-9-5-3-6-10-18)19-11-7-4-8-12-19/h3-12,20,22H,13-17H2,1-2H3,(H,24,28). The van der Waals surface area contributed by atoms with Gasteiger partial charge in [-0.15, -0.1) is 0 Å². The van der Waals surface area contributed by atoms with E-state index in [-0.39, 0.29) is 23.8 Å². The number of hydrogen-bond acceptors (Lipinski definition) is 3. The highest BCUT2D eigenvalue weighted by Crippen LogP contribution is 2.28. The Morgan fingerprint density at radius 2 is 1.50 bits per heavy atom. The van der Waals surface area contributed by atoms with Gasteiger partial charge in [0.05, 0.1) is 12.6 Å². The van der Waals surface area contributed by atoms with Gasteiger partial charge in [0.15, 0.2) is 0 Å². The molecule has 1 N–H and O–H groups in total. The number of likely N-dealkylation sites (N-methyl/N-ethyl adjacent to an activating group) is 1. The van der Waals surface area contributed by atoms with E-state index in [1.165, 1.54) is 0 Å². The van der Waals surface area contributed by atoms with Crippen LogP contribution in [0.1, 0.15) is 30.0 Å². The van der Waals surface area contributed by atoms with Gasteiger partial charge in [-0.1, -0.05) is 60.7 Å². The minimum absolute atomic E-state index is 0.0652. The van der Waals surface area contributed by atoms with Gasteiger partial charge in [0.2, 0.25) is 11.8 Å². The maximum Gasteiger partial charge on any atom is 0.237 e. The summed E-state index contributed by atoms with van der Waals surface area (Å²) in [5, 5.41) is 2.73. The molecule has 5 heteroatoms. The summed E-state index contributed by atoms with van der Waals surface area (Å²) in [4.78, 5) is 28.9. The molecular formula is C23H29N3O2. The van der Waals surface area contributed by atoms with Crippen LogP contribution in [-0.4, -0.2) is 55.3 Å². The zero-order chi connectivity index (χ0) is 19.9. The van der Waals surface area contributed by atoms with Crippen molar-refractivity contribution in [2.75, 3.05) is 33.7 Å². The van der Waals surface area contributed by atoms with Crippen molar-refractivity contribution in [3.63, 3.8) is 0 Å². The van der Waals surface area contributed by atoms with Crippen LogP contribution in [0.25, 0.3) is 0 Å². The number of piperidine rings is 1. The predicted octanol–water partition coefficient (Wildman–Crippen LogP) is 2.69. The van der Waals surface area contributed by atoms with Gasteiger partial charge in [-0.05, 0) is 37.1 Å². The number of carbonyl (C=O) groups is 2. The fourth-order valence-corrected chi connectivity index (χ4v) is 3.91. The van der Waals surface area contributed by atoms with E-state index in [4.69, 9.17) is 0 Å². The molecule has 0 radical (unpaired) electrons. The zero-order valence-electron chi connectivity index (χ0n) is 16.7. The number of nitrogens with zero attached hydrogens (tertiary/aromatic N) is 2. The molecule has 0 saturated carbocycles. The quantitative estimate of drug-likeness (QED) is 0.840. The Kier molecular flexibility index (Phi) is 6.82. The van der Waals surface area contributed by atoms with Crippen molar-refractivity contribution < 1.29 is 9.59 Å². The van der Waals surface area contributed by atoms with Gasteiger partial charge >= 0.3 is 0 Å². The maximum absolute atomic E-state index is 13.1. The van der Waals surface area contributed by atoms with Crippen molar-refractivity contribution in [3.8, 4) is 0 Å². The molecule has 1 heterocycles. The van der Waals surface area contributed by atoms with E-state index in [2.05, 4.69) is 34.5 Å². The number of likely N-dealkylation sites (tertiary alicyclic amines) is 1. The van der Waals surface area contributed by atoms with E-state index in [1.54, 1.807) is 7.05 Å². The molecule has 2 aromatic carbocycles. The highest BCUT2D eigenvalue weighted by atomic mass is 16.2. The van der Waals surface area contributed by atoms with Gasteiger partial charge < -0.3 is 10.2 Å². The summed E-state index contributed by atoms with van der Waals surface area (Å²) in [6.45, 7) is 1.94. The smallest absolute Gasteiger partial charge is 0.237 e. The third-order valence-corrected chi connectivity index (χ3v) is 5.57. The van der Waals surface area contributed by atoms with Crippen LogP contribution in [0, 0.1) is 5.92 Å². The van der Waals surface area contributed by atoms with Crippen molar-refractivity contribution >= 4 is 11.8 Å². The van der Waals surface area contributed by atoms with Crippen molar-refractivity contribution in [1.82, 2.24) is 15.1 Å². The normalized spacial score (nSPS) is 15.4. The van der Waals surface area contributed by atoms with Crippen molar-refractivity contribution in [3.05, 3.63) is 71.8 Å². The minimum Gasteiger partial charge on any atom is -0.359 e. The second kappa shape index (κ2) is 9.51. The van der Waals surface area contributed by atoms with Gasteiger partial charge in [-0.25, -0.2) is 0 Å². The Bertz CT molecular complexity index is 731.